The summed E-state index contributed by atoms with van der Waals surface area (Å²) in [6.07, 6.45) is 0. The molecule has 1 aromatic heterocycles. The van der Waals surface area contributed by atoms with Crippen molar-refractivity contribution >= 4 is 8.25 Å². The van der Waals surface area contributed by atoms with E-state index < -0.39 is 8.25 Å². The second-order valence-electron chi connectivity index (χ2n) is 2.95. The highest BCUT2D eigenvalue weighted by molar-refractivity contribution is 7.32. The van der Waals surface area contributed by atoms with E-state index in [0.717, 1.165) is 5.56 Å². The van der Waals surface area contributed by atoms with Gasteiger partial charge in [0.25, 0.3) is 5.88 Å². The van der Waals surface area contributed by atoms with Gasteiger partial charge in [0.05, 0.1) is 5.69 Å². The fraction of sp³-hybridized carbons (Fsp3) is 0. The van der Waals surface area contributed by atoms with Crippen LogP contribution in [0.1, 0.15) is 0 Å². The summed E-state index contributed by atoms with van der Waals surface area (Å²) in [5.41, 5.74) is 1.61. The van der Waals surface area contributed by atoms with Crippen LogP contribution in [0.2, 0.25) is 0 Å². The van der Waals surface area contributed by atoms with E-state index in [1.807, 2.05) is 30.3 Å². The molecule has 80 valence electrons. The van der Waals surface area contributed by atoms with Crippen LogP contribution in [0, 0.1) is 0 Å². The highest BCUT2D eigenvalue weighted by atomic mass is 31.1. The van der Waals surface area contributed by atoms with Crippen LogP contribution >= 0.6 is 8.25 Å². The molecule has 5 nitrogen and oxygen atoms in total. The zero-order chi connectivity index (χ0) is 11.4. The van der Waals surface area contributed by atoms with Gasteiger partial charge in [-0.05, 0) is 6.07 Å². The molecule has 1 atom stereocenters. The van der Waals surface area contributed by atoms with Crippen molar-refractivity contribution in [3.63, 3.8) is 0 Å². The number of aromatic nitrogens is 2. The normalized spacial score (nSPS) is 10.9. The molecular formula is C10H8N2O3P+. The molecule has 1 unspecified atom stereocenters. The Morgan fingerprint density at radius 1 is 1.06 bits per heavy atom. The molecule has 0 amide bonds. The molecule has 0 fully saturated rings. The number of hydrogen-bond donors (Lipinski definition) is 1. The number of hydrogen-bond acceptors (Lipinski definition) is 4. The Kier molecular flexibility index (Phi) is 3.19. The van der Waals surface area contributed by atoms with Crippen LogP contribution in [0.5, 0.6) is 5.88 Å². The maximum atomic E-state index is 10.4. The van der Waals surface area contributed by atoms with Crippen LogP contribution in [0.4, 0.5) is 0 Å². The minimum atomic E-state index is -2.69. The van der Waals surface area contributed by atoms with Crippen molar-refractivity contribution in [3.8, 4) is 17.1 Å². The maximum absolute atomic E-state index is 10.4. The lowest BCUT2D eigenvalue weighted by atomic mass is 10.1. The van der Waals surface area contributed by atoms with E-state index in [2.05, 4.69) is 14.7 Å². The van der Waals surface area contributed by atoms with E-state index in [1.54, 1.807) is 6.07 Å². The van der Waals surface area contributed by atoms with Crippen molar-refractivity contribution < 1.29 is 14.0 Å². The quantitative estimate of drug-likeness (QED) is 0.825. The molecular weight excluding hydrogens is 227 g/mol. The zero-order valence-corrected chi connectivity index (χ0v) is 9.04. The molecule has 16 heavy (non-hydrogen) atoms. The van der Waals surface area contributed by atoms with Crippen molar-refractivity contribution in [2.75, 3.05) is 0 Å². The first-order valence-corrected chi connectivity index (χ1v) is 5.62. The summed E-state index contributed by atoms with van der Waals surface area (Å²) in [5.74, 6) is 0.0308. The average molecular weight is 235 g/mol. The lowest BCUT2D eigenvalue weighted by molar-refractivity contribution is 0.402. The Balaban J connectivity index is 2.23. The topological polar surface area (TPSA) is 72.3 Å². The van der Waals surface area contributed by atoms with Crippen LogP contribution in [0.15, 0.2) is 42.5 Å². The van der Waals surface area contributed by atoms with E-state index in [1.165, 1.54) is 6.07 Å². The molecule has 1 heterocycles. The standard InChI is InChI=1S/C10H7N2O3P/c13-16(14)15-10-7-6-9(11-12-10)8-4-2-1-3-5-8/h1-7H/p+1. The Bertz CT molecular complexity index is 487. The van der Waals surface area contributed by atoms with Gasteiger partial charge in [0.15, 0.2) is 0 Å². The molecule has 6 heteroatoms. The van der Waals surface area contributed by atoms with Crippen molar-refractivity contribution in [3.05, 3.63) is 42.5 Å². The van der Waals surface area contributed by atoms with E-state index in [9.17, 15) is 4.57 Å². The predicted octanol–water partition coefficient (Wildman–Crippen LogP) is 2.17. The summed E-state index contributed by atoms with van der Waals surface area (Å²) in [6, 6.07) is 12.7. The van der Waals surface area contributed by atoms with E-state index in [0.29, 0.717) is 5.69 Å². The fourth-order valence-corrected chi connectivity index (χ4v) is 1.47. The Morgan fingerprint density at radius 3 is 2.38 bits per heavy atom. The molecule has 0 aliphatic heterocycles. The van der Waals surface area contributed by atoms with Gasteiger partial charge < -0.3 is 0 Å². The van der Waals surface area contributed by atoms with Gasteiger partial charge in [-0.25, -0.2) is 4.52 Å². The molecule has 0 aliphatic rings. The van der Waals surface area contributed by atoms with Gasteiger partial charge in [-0.3, -0.25) is 0 Å². The van der Waals surface area contributed by atoms with Crippen LogP contribution in [-0.2, 0) is 4.57 Å². The minimum Gasteiger partial charge on any atom is -0.207 e. The van der Waals surface area contributed by atoms with Gasteiger partial charge in [-0.15, -0.1) is 15.1 Å². The first-order chi connectivity index (χ1) is 7.75. The maximum Gasteiger partial charge on any atom is 0.749 e. The third-order valence-corrected chi connectivity index (χ3v) is 2.22. The summed E-state index contributed by atoms with van der Waals surface area (Å²) in [4.78, 5) is 8.51. The first-order valence-electron chi connectivity index (χ1n) is 4.49. The van der Waals surface area contributed by atoms with Crippen molar-refractivity contribution in [2.45, 2.75) is 0 Å². The molecule has 0 bridgehead atoms. The first kappa shape index (κ1) is 10.7. The molecule has 1 N–H and O–H groups in total. The third kappa shape index (κ3) is 2.59. The van der Waals surface area contributed by atoms with E-state index in [-0.39, 0.29) is 5.88 Å². The highest BCUT2D eigenvalue weighted by Crippen LogP contribution is 2.22. The van der Waals surface area contributed by atoms with Gasteiger partial charge >= 0.3 is 8.25 Å². The third-order valence-electron chi connectivity index (χ3n) is 1.88. The van der Waals surface area contributed by atoms with Crippen molar-refractivity contribution in [1.82, 2.24) is 10.2 Å². The predicted molar refractivity (Wildman–Crippen MR) is 57.9 cm³/mol. The monoisotopic (exact) mass is 235 g/mol. The summed E-state index contributed by atoms with van der Waals surface area (Å²) in [6.45, 7) is 0. The smallest absolute Gasteiger partial charge is 0.207 e. The lowest BCUT2D eigenvalue weighted by Gasteiger charge is -1.98. The van der Waals surface area contributed by atoms with E-state index in [4.69, 9.17) is 4.89 Å². The molecule has 0 aliphatic carbocycles. The minimum absolute atomic E-state index is 0.0308. The number of benzene rings is 1. The number of nitrogens with zero attached hydrogens (tertiary/aromatic N) is 2. The molecule has 2 aromatic rings. The fourth-order valence-electron chi connectivity index (χ4n) is 1.21. The van der Waals surface area contributed by atoms with Gasteiger partial charge in [-0.1, -0.05) is 30.3 Å². The summed E-state index contributed by atoms with van der Waals surface area (Å²) < 4.78 is 14.9. The van der Waals surface area contributed by atoms with Crippen LogP contribution in [-0.4, -0.2) is 15.1 Å². The van der Waals surface area contributed by atoms with E-state index >= 15 is 0 Å². The van der Waals surface area contributed by atoms with Crippen LogP contribution in [0.25, 0.3) is 11.3 Å². The van der Waals surface area contributed by atoms with Crippen LogP contribution in [0.3, 0.4) is 0 Å². The van der Waals surface area contributed by atoms with Gasteiger partial charge in [0, 0.05) is 16.2 Å². The van der Waals surface area contributed by atoms with Crippen LogP contribution < -0.4 is 4.52 Å². The molecule has 2 rings (SSSR count). The summed E-state index contributed by atoms with van der Waals surface area (Å²) in [5, 5.41) is 7.57. The zero-order valence-electron chi connectivity index (χ0n) is 8.15. The summed E-state index contributed by atoms with van der Waals surface area (Å²) in [7, 11) is -2.69. The highest BCUT2D eigenvalue weighted by Gasteiger charge is 2.15. The SMILES string of the molecule is O=[P+](O)Oc1ccc(-c2ccccc2)nn1. The van der Waals surface area contributed by atoms with Crippen molar-refractivity contribution in [2.24, 2.45) is 0 Å². The molecule has 1 aromatic carbocycles. The summed E-state index contributed by atoms with van der Waals surface area (Å²) >= 11 is 0. The van der Waals surface area contributed by atoms with Gasteiger partial charge in [-0.2, -0.15) is 0 Å². The van der Waals surface area contributed by atoms with Crippen molar-refractivity contribution in [1.29, 1.82) is 0 Å². The lowest BCUT2D eigenvalue weighted by Crippen LogP contribution is -1.90. The Labute approximate surface area is 92.7 Å². The molecule has 0 saturated heterocycles. The Hall–Kier alpha value is -1.84. The number of rotatable bonds is 3. The second-order valence-corrected chi connectivity index (χ2v) is 3.61. The molecule has 0 spiro atoms. The van der Waals surface area contributed by atoms with Gasteiger partial charge in [0.2, 0.25) is 0 Å². The molecule has 0 radical (unpaired) electrons. The Morgan fingerprint density at radius 2 is 1.81 bits per heavy atom. The molecule has 0 saturated carbocycles. The largest absolute Gasteiger partial charge is 0.749 e. The average Bonchev–Trinajstić information content (AvgIpc) is 2.30. The second kappa shape index (κ2) is 4.79. The van der Waals surface area contributed by atoms with Gasteiger partial charge in [0.1, 0.15) is 0 Å².